The molecular formula is C26H18ClF3N2O2. The molecule has 1 N–H and O–H groups in total. The second kappa shape index (κ2) is 8.57. The molecule has 1 aliphatic rings. The number of hydrogen-bond donors (Lipinski definition) is 1. The summed E-state index contributed by atoms with van der Waals surface area (Å²) < 4.78 is 47.0. The third-order valence-electron chi connectivity index (χ3n) is 5.66. The highest BCUT2D eigenvalue weighted by Gasteiger charge is 2.33. The summed E-state index contributed by atoms with van der Waals surface area (Å²) in [6, 6.07) is 18.1. The first-order valence-electron chi connectivity index (χ1n) is 10.5. The molecule has 34 heavy (non-hydrogen) atoms. The molecule has 0 bridgehead atoms. The third-order valence-corrected chi connectivity index (χ3v) is 5.92. The van der Waals surface area contributed by atoms with E-state index >= 15 is 0 Å². The molecule has 0 saturated carbocycles. The number of halogens is 4. The lowest BCUT2D eigenvalue weighted by Gasteiger charge is -2.08. The van der Waals surface area contributed by atoms with Crippen molar-refractivity contribution in [3.05, 3.63) is 94.6 Å². The number of nitrogens with zero attached hydrogens (tertiary/aromatic N) is 1. The monoisotopic (exact) mass is 482 g/mol. The maximum atomic E-state index is 13.1. The zero-order valence-corrected chi connectivity index (χ0v) is 18.5. The molecule has 0 unspecified atom stereocenters. The summed E-state index contributed by atoms with van der Waals surface area (Å²) in [5.74, 6) is 0.276. The highest BCUT2D eigenvalue weighted by atomic mass is 35.5. The second-order valence-electron chi connectivity index (χ2n) is 7.87. The average Bonchev–Trinajstić information content (AvgIpc) is 3.31. The lowest BCUT2D eigenvalue weighted by Crippen LogP contribution is -2.07. The molecule has 2 heterocycles. The molecule has 5 rings (SSSR count). The van der Waals surface area contributed by atoms with Crippen molar-refractivity contribution in [2.24, 2.45) is 0 Å². The van der Waals surface area contributed by atoms with Gasteiger partial charge in [0, 0.05) is 44.5 Å². The molecule has 8 heteroatoms. The highest BCUT2D eigenvalue weighted by molar-refractivity contribution is 6.35. The standard InChI is InChI=1S/C26H18ClF3N2O2/c27-18-6-8-19(9-7-18)34-12-11-32-15-16(20-3-1-2-4-24(20)32)13-22-21-10-5-17(26(28,29)30)14-23(21)31-25(22)33/h1-10,13-15H,11-12H2,(H,31,33)/b22-13+. The molecule has 4 aromatic rings. The van der Waals surface area contributed by atoms with Gasteiger partial charge in [0.15, 0.2) is 0 Å². The van der Waals surface area contributed by atoms with Gasteiger partial charge in [-0.15, -0.1) is 0 Å². The molecule has 1 amide bonds. The Morgan fingerprint density at radius 3 is 2.56 bits per heavy atom. The van der Waals surface area contributed by atoms with Crippen molar-refractivity contribution in [3.8, 4) is 5.75 Å². The number of para-hydroxylation sites is 1. The van der Waals surface area contributed by atoms with Crippen LogP contribution in [0.25, 0.3) is 22.6 Å². The number of carbonyl (C=O) groups is 1. The lowest BCUT2D eigenvalue weighted by molar-refractivity contribution is -0.137. The normalized spacial score (nSPS) is 14.5. The fourth-order valence-corrected chi connectivity index (χ4v) is 4.16. The number of anilines is 1. The Labute approximate surface area is 198 Å². The van der Waals surface area contributed by atoms with Gasteiger partial charge in [0.25, 0.3) is 5.91 Å². The Hall–Kier alpha value is -3.71. The van der Waals surface area contributed by atoms with Gasteiger partial charge >= 0.3 is 6.18 Å². The van der Waals surface area contributed by atoms with Gasteiger partial charge in [0.2, 0.25) is 0 Å². The number of ether oxygens (including phenoxy) is 1. The highest BCUT2D eigenvalue weighted by Crippen LogP contribution is 2.39. The molecule has 0 fully saturated rings. The molecule has 0 radical (unpaired) electrons. The molecule has 0 spiro atoms. The van der Waals surface area contributed by atoms with Crippen LogP contribution in [0.4, 0.5) is 18.9 Å². The number of fused-ring (bicyclic) bond motifs is 2. The molecular weight excluding hydrogens is 465 g/mol. The van der Waals surface area contributed by atoms with E-state index in [1.165, 1.54) is 6.07 Å². The Morgan fingerprint density at radius 1 is 1.03 bits per heavy atom. The summed E-state index contributed by atoms with van der Waals surface area (Å²) in [7, 11) is 0. The quantitative estimate of drug-likeness (QED) is 0.315. The van der Waals surface area contributed by atoms with E-state index in [1.54, 1.807) is 30.3 Å². The SMILES string of the molecule is O=C1Nc2cc(C(F)(F)F)ccc2/C1=C\c1cn(CCOc2ccc(Cl)cc2)c2ccccc12. The van der Waals surface area contributed by atoms with Crippen LogP contribution in [0.3, 0.4) is 0 Å². The number of amides is 1. The zero-order valence-electron chi connectivity index (χ0n) is 17.7. The van der Waals surface area contributed by atoms with Crippen molar-refractivity contribution >= 4 is 45.7 Å². The molecule has 0 aliphatic carbocycles. The van der Waals surface area contributed by atoms with Gasteiger partial charge in [-0.1, -0.05) is 35.9 Å². The number of nitrogens with one attached hydrogen (secondary N) is 1. The van der Waals surface area contributed by atoms with E-state index in [0.717, 1.165) is 28.6 Å². The third kappa shape index (κ3) is 4.26. The zero-order chi connectivity index (χ0) is 23.9. The molecule has 4 nitrogen and oxygen atoms in total. The van der Waals surface area contributed by atoms with Crippen LogP contribution in [0.2, 0.25) is 5.02 Å². The summed E-state index contributed by atoms with van der Waals surface area (Å²) in [5.41, 5.74) is 1.88. The Morgan fingerprint density at radius 2 is 1.79 bits per heavy atom. The number of hydrogen-bond acceptors (Lipinski definition) is 2. The van der Waals surface area contributed by atoms with Gasteiger partial charge in [0.1, 0.15) is 12.4 Å². The van der Waals surface area contributed by atoms with Crippen LogP contribution in [-0.2, 0) is 17.5 Å². The molecule has 0 saturated heterocycles. The van der Waals surface area contributed by atoms with E-state index in [4.69, 9.17) is 16.3 Å². The van der Waals surface area contributed by atoms with E-state index < -0.39 is 17.6 Å². The lowest BCUT2D eigenvalue weighted by atomic mass is 10.0. The Kier molecular flexibility index (Phi) is 5.57. The number of aromatic nitrogens is 1. The van der Waals surface area contributed by atoms with Gasteiger partial charge < -0.3 is 14.6 Å². The molecule has 1 aliphatic heterocycles. The number of rotatable bonds is 5. The minimum Gasteiger partial charge on any atom is -0.492 e. The topological polar surface area (TPSA) is 43.3 Å². The molecule has 172 valence electrons. The van der Waals surface area contributed by atoms with E-state index in [-0.39, 0.29) is 5.69 Å². The van der Waals surface area contributed by atoms with Gasteiger partial charge in [-0.05, 0) is 48.5 Å². The van der Waals surface area contributed by atoms with Crippen molar-refractivity contribution in [1.29, 1.82) is 0 Å². The fraction of sp³-hybridized carbons (Fsp3) is 0.115. The molecule has 1 aromatic heterocycles. The van der Waals surface area contributed by atoms with Crippen LogP contribution in [0.5, 0.6) is 5.75 Å². The summed E-state index contributed by atoms with van der Waals surface area (Å²) in [6.45, 7) is 0.976. The van der Waals surface area contributed by atoms with Gasteiger partial charge in [-0.25, -0.2) is 0 Å². The van der Waals surface area contributed by atoms with Crippen LogP contribution >= 0.6 is 11.6 Å². The predicted molar refractivity (Wildman–Crippen MR) is 127 cm³/mol. The fourth-order valence-electron chi connectivity index (χ4n) is 4.04. The maximum absolute atomic E-state index is 13.1. The van der Waals surface area contributed by atoms with Gasteiger partial charge in [-0.3, -0.25) is 4.79 Å². The van der Waals surface area contributed by atoms with Crippen LogP contribution in [0.15, 0.2) is 72.9 Å². The minimum atomic E-state index is -4.48. The maximum Gasteiger partial charge on any atom is 0.416 e. The van der Waals surface area contributed by atoms with Gasteiger partial charge in [-0.2, -0.15) is 13.2 Å². The Balaban J connectivity index is 1.45. The van der Waals surface area contributed by atoms with Crippen LogP contribution in [-0.4, -0.2) is 17.1 Å². The first-order valence-corrected chi connectivity index (χ1v) is 10.9. The largest absolute Gasteiger partial charge is 0.492 e. The number of alkyl halides is 3. The first-order chi connectivity index (χ1) is 16.3. The molecule has 0 atom stereocenters. The summed E-state index contributed by atoms with van der Waals surface area (Å²) >= 11 is 5.91. The van der Waals surface area contributed by atoms with Crippen molar-refractivity contribution in [3.63, 3.8) is 0 Å². The van der Waals surface area contributed by atoms with Gasteiger partial charge in [0.05, 0.1) is 12.1 Å². The van der Waals surface area contributed by atoms with E-state index in [2.05, 4.69) is 5.32 Å². The Bertz CT molecular complexity index is 1420. The number of benzene rings is 3. The van der Waals surface area contributed by atoms with E-state index in [9.17, 15) is 18.0 Å². The van der Waals surface area contributed by atoms with Crippen molar-refractivity contribution in [2.45, 2.75) is 12.7 Å². The van der Waals surface area contributed by atoms with Crippen LogP contribution in [0, 0.1) is 0 Å². The summed E-state index contributed by atoms with van der Waals surface area (Å²) in [6.07, 6.45) is -0.848. The predicted octanol–water partition coefficient (Wildman–Crippen LogP) is 6.89. The van der Waals surface area contributed by atoms with Crippen molar-refractivity contribution in [1.82, 2.24) is 4.57 Å². The van der Waals surface area contributed by atoms with Crippen LogP contribution in [0.1, 0.15) is 16.7 Å². The van der Waals surface area contributed by atoms with E-state index in [1.807, 2.05) is 35.0 Å². The summed E-state index contributed by atoms with van der Waals surface area (Å²) in [4.78, 5) is 12.6. The first kappa shape index (κ1) is 22.1. The smallest absolute Gasteiger partial charge is 0.416 e. The van der Waals surface area contributed by atoms with Crippen molar-refractivity contribution in [2.75, 3.05) is 11.9 Å². The van der Waals surface area contributed by atoms with Crippen LogP contribution < -0.4 is 10.1 Å². The summed E-state index contributed by atoms with van der Waals surface area (Å²) in [5, 5.41) is 4.11. The average molecular weight is 483 g/mol. The minimum absolute atomic E-state index is 0.158. The van der Waals surface area contributed by atoms with E-state index in [0.29, 0.717) is 35.1 Å². The van der Waals surface area contributed by atoms with Crippen molar-refractivity contribution < 1.29 is 22.7 Å². The molecule has 3 aromatic carbocycles. The number of carbonyl (C=O) groups excluding carboxylic acids is 1. The second-order valence-corrected chi connectivity index (χ2v) is 8.30.